The molecule has 4 N–H and O–H groups in total. The quantitative estimate of drug-likeness (QED) is 0.268. The first-order valence-corrected chi connectivity index (χ1v) is 8.88. The molecule has 0 spiro atoms. The molecule has 0 radical (unpaired) electrons. The van der Waals surface area contributed by atoms with E-state index in [9.17, 15) is 18.0 Å². The van der Waals surface area contributed by atoms with Crippen LogP contribution < -0.4 is 16.5 Å². The average Bonchev–Trinajstić information content (AvgIpc) is 3.43. The van der Waals surface area contributed by atoms with Gasteiger partial charge in [0.15, 0.2) is 18.4 Å². The number of benzene rings is 1. The first-order valence-electron chi connectivity index (χ1n) is 8.09. The van der Waals surface area contributed by atoms with E-state index in [1.165, 1.54) is 18.3 Å². The van der Waals surface area contributed by atoms with Crippen LogP contribution in [0.4, 0.5) is 18.9 Å². The fourth-order valence-corrected chi connectivity index (χ4v) is 2.79. The molecule has 7 nitrogen and oxygen atoms in total. The van der Waals surface area contributed by atoms with Gasteiger partial charge in [0.05, 0.1) is 6.04 Å². The van der Waals surface area contributed by atoms with Crippen LogP contribution in [0, 0.1) is 11.6 Å². The molecule has 2 atom stereocenters. The van der Waals surface area contributed by atoms with Gasteiger partial charge in [0.25, 0.3) is 5.91 Å². The highest BCUT2D eigenvalue weighted by Crippen LogP contribution is 2.43. The summed E-state index contributed by atoms with van der Waals surface area (Å²) in [4.78, 5) is 24.2. The second-order valence-corrected chi connectivity index (χ2v) is 6.88. The zero-order valence-electron chi connectivity index (χ0n) is 14.3. The summed E-state index contributed by atoms with van der Waals surface area (Å²) in [6.45, 7) is -1.03. The molecule has 148 valence electrons. The molecule has 0 saturated heterocycles. The molecular weight excluding hydrogens is 443 g/mol. The van der Waals surface area contributed by atoms with E-state index >= 15 is 0 Å². The molecule has 1 aliphatic carbocycles. The number of amidine groups is 1. The number of hydrogen-bond donors (Lipinski definition) is 3. The molecule has 0 bridgehead atoms. The highest BCUT2D eigenvalue weighted by atomic mass is 79.9. The van der Waals surface area contributed by atoms with E-state index in [1.54, 1.807) is 6.07 Å². The number of aliphatic imine (C=N–C) groups is 1. The SMILES string of the molecule is NC(=NCF)ON[C@@H]1C[C@@H]1c1cc(NC(=O)c2ccc(Br)cn2)cc(F)c1F. The van der Waals surface area contributed by atoms with Gasteiger partial charge in [-0.3, -0.25) is 4.79 Å². The van der Waals surface area contributed by atoms with Crippen LogP contribution in [0.15, 0.2) is 39.9 Å². The highest BCUT2D eigenvalue weighted by Gasteiger charge is 2.42. The van der Waals surface area contributed by atoms with Crippen molar-refractivity contribution in [1.29, 1.82) is 0 Å². The fraction of sp³-hybridized carbons (Fsp3) is 0.235. The number of aromatic nitrogens is 1. The van der Waals surface area contributed by atoms with Crippen LogP contribution in [-0.2, 0) is 4.84 Å². The minimum absolute atomic E-state index is 0.0705. The Balaban J connectivity index is 1.70. The molecule has 1 amide bonds. The lowest BCUT2D eigenvalue weighted by atomic mass is 10.1. The van der Waals surface area contributed by atoms with Gasteiger partial charge in [-0.15, -0.1) is 5.48 Å². The molecule has 0 unspecified atom stereocenters. The van der Waals surface area contributed by atoms with Gasteiger partial charge in [0, 0.05) is 28.3 Å². The molecular formula is C17H15BrF3N5O2. The van der Waals surface area contributed by atoms with E-state index in [4.69, 9.17) is 10.6 Å². The smallest absolute Gasteiger partial charge is 0.304 e. The van der Waals surface area contributed by atoms with Gasteiger partial charge in [-0.1, -0.05) is 0 Å². The minimum Gasteiger partial charge on any atom is -0.371 e. The maximum absolute atomic E-state index is 14.2. The van der Waals surface area contributed by atoms with Crippen molar-refractivity contribution in [3.8, 4) is 0 Å². The van der Waals surface area contributed by atoms with Crippen molar-refractivity contribution in [3.05, 3.63) is 57.8 Å². The van der Waals surface area contributed by atoms with Gasteiger partial charge >= 0.3 is 6.02 Å². The van der Waals surface area contributed by atoms with E-state index < -0.39 is 36.3 Å². The molecule has 1 saturated carbocycles. The lowest BCUT2D eigenvalue weighted by Crippen LogP contribution is -2.28. The van der Waals surface area contributed by atoms with E-state index in [0.717, 1.165) is 6.07 Å². The number of halogens is 4. The van der Waals surface area contributed by atoms with Gasteiger partial charge in [-0.05, 0) is 46.1 Å². The third kappa shape index (κ3) is 4.78. The molecule has 1 aromatic heterocycles. The summed E-state index contributed by atoms with van der Waals surface area (Å²) in [6.07, 6.45) is 1.88. The molecule has 1 heterocycles. The zero-order valence-corrected chi connectivity index (χ0v) is 15.8. The van der Waals surface area contributed by atoms with Crippen LogP contribution in [0.2, 0.25) is 0 Å². The number of rotatable bonds is 6. The molecule has 1 fully saturated rings. The summed E-state index contributed by atoms with van der Waals surface area (Å²) in [5.41, 5.74) is 8.07. The summed E-state index contributed by atoms with van der Waals surface area (Å²) in [7, 11) is 0. The van der Waals surface area contributed by atoms with Gasteiger partial charge in [-0.2, -0.15) is 0 Å². The largest absolute Gasteiger partial charge is 0.371 e. The number of nitrogens with two attached hydrogens (primary N) is 1. The Morgan fingerprint density at radius 3 is 2.86 bits per heavy atom. The Kier molecular flexibility index (Phi) is 6.15. The zero-order chi connectivity index (χ0) is 20.3. The van der Waals surface area contributed by atoms with Crippen molar-refractivity contribution in [2.24, 2.45) is 10.7 Å². The van der Waals surface area contributed by atoms with Crippen LogP contribution in [0.5, 0.6) is 0 Å². The fourth-order valence-electron chi connectivity index (χ4n) is 2.55. The maximum Gasteiger partial charge on any atom is 0.304 e. The first kappa shape index (κ1) is 20.1. The topological polar surface area (TPSA) is 102 Å². The number of anilines is 1. The number of alkyl halides is 1. The van der Waals surface area contributed by atoms with Crippen LogP contribution in [-0.4, -0.2) is 29.8 Å². The number of pyridine rings is 1. The summed E-state index contributed by atoms with van der Waals surface area (Å²) in [5.74, 6) is -3.08. The van der Waals surface area contributed by atoms with Crippen LogP contribution in [0.25, 0.3) is 0 Å². The van der Waals surface area contributed by atoms with Crippen molar-refractivity contribution < 1.29 is 22.8 Å². The van der Waals surface area contributed by atoms with Crippen molar-refractivity contribution in [2.45, 2.75) is 18.4 Å². The standard InChI is InChI=1S/C17H15BrF3N5O2/c18-8-1-2-13(23-6-8)16(27)25-9-3-11(15(21)12(20)4-9)10-5-14(10)26-28-17(22)24-7-19/h1-4,6,10,14,26H,5,7H2,(H2,22,24)(H,25,27)/t10-,14-/m1/s1. The third-order valence-corrected chi connectivity index (χ3v) is 4.46. The molecule has 3 rings (SSSR count). The Morgan fingerprint density at radius 2 is 2.18 bits per heavy atom. The molecule has 1 aliphatic rings. The lowest BCUT2D eigenvalue weighted by Gasteiger charge is -2.10. The monoisotopic (exact) mass is 457 g/mol. The van der Waals surface area contributed by atoms with Crippen LogP contribution in [0.1, 0.15) is 28.4 Å². The van der Waals surface area contributed by atoms with Gasteiger partial charge < -0.3 is 15.9 Å². The number of amides is 1. The summed E-state index contributed by atoms with van der Waals surface area (Å²) >= 11 is 3.21. The maximum atomic E-state index is 14.2. The predicted octanol–water partition coefficient (Wildman–Crippen LogP) is 2.99. The molecule has 2 aromatic rings. The van der Waals surface area contributed by atoms with Crippen molar-refractivity contribution >= 4 is 33.5 Å². The molecule has 11 heteroatoms. The normalized spacial score (nSPS) is 18.6. The second kappa shape index (κ2) is 8.57. The Hall–Kier alpha value is -2.66. The van der Waals surface area contributed by atoms with E-state index in [-0.39, 0.29) is 23.0 Å². The summed E-state index contributed by atoms with van der Waals surface area (Å²) in [5, 5.41) is 2.49. The van der Waals surface area contributed by atoms with Gasteiger partial charge in [0.2, 0.25) is 0 Å². The second-order valence-electron chi connectivity index (χ2n) is 5.96. The highest BCUT2D eigenvalue weighted by molar-refractivity contribution is 9.10. The van der Waals surface area contributed by atoms with Crippen molar-refractivity contribution in [1.82, 2.24) is 10.5 Å². The number of carbonyl (C=O) groups excluding carboxylic acids is 1. The average molecular weight is 458 g/mol. The van der Waals surface area contributed by atoms with E-state index in [2.05, 4.69) is 36.7 Å². The molecule has 0 aliphatic heterocycles. The Labute approximate surface area is 166 Å². The van der Waals surface area contributed by atoms with E-state index in [0.29, 0.717) is 10.9 Å². The number of hydrogen-bond acceptors (Lipinski definition) is 5. The van der Waals surface area contributed by atoms with Crippen molar-refractivity contribution in [3.63, 3.8) is 0 Å². The molecule has 1 aromatic carbocycles. The Bertz CT molecular complexity index is 910. The molecule has 28 heavy (non-hydrogen) atoms. The number of hydroxylamine groups is 1. The Morgan fingerprint density at radius 1 is 1.39 bits per heavy atom. The number of carbonyl (C=O) groups is 1. The predicted molar refractivity (Wildman–Crippen MR) is 99.2 cm³/mol. The van der Waals surface area contributed by atoms with E-state index in [1.807, 2.05) is 0 Å². The van der Waals surface area contributed by atoms with Crippen molar-refractivity contribution in [2.75, 3.05) is 12.1 Å². The van der Waals surface area contributed by atoms with Gasteiger partial charge in [-0.25, -0.2) is 23.1 Å². The first-order chi connectivity index (χ1) is 13.4. The van der Waals surface area contributed by atoms with Crippen LogP contribution >= 0.6 is 15.9 Å². The third-order valence-electron chi connectivity index (χ3n) is 3.99. The summed E-state index contributed by atoms with van der Waals surface area (Å²) in [6, 6.07) is 4.60. The lowest BCUT2D eigenvalue weighted by molar-refractivity contribution is 0.102. The van der Waals surface area contributed by atoms with Crippen LogP contribution in [0.3, 0.4) is 0 Å². The number of nitrogens with zero attached hydrogens (tertiary/aromatic N) is 2. The summed E-state index contributed by atoms with van der Waals surface area (Å²) < 4.78 is 40.9. The minimum atomic E-state index is -1.10. The number of nitrogens with one attached hydrogen (secondary N) is 2. The van der Waals surface area contributed by atoms with Gasteiger partial charge in [0.1, 0.15) is 5.69 Å².